The van der Waals surface area contributed by atoms with Gasteiger partial charge < -0.3 is 10.2 Å². The van der Waals surface area contributed by atoms with Gasteiger partial charge in [-0.25, -0.2) is 0 Å². The molecule has 0 saturated carbocycles. The highest BCUT2D eigenvalue weighted by Gasteiger charge is 1.95. The lowest BCUT2D eigenvalue weighted by Crippen LogP contribution is -1.97. The number of rotatable bonds is 7. The van der Waals surface area contributed by atoms with E-state index in [2.05, 4.69) is 6.92 Å². The summed E-state index contributed by atoms with van der Waals surface area (Å²) >= 11 is 0. The summed E-state index contributed by atoms with van der Waals surface area (Å²) in [7, 11) is 0. The van der Waals surface area contributed by atoms with Crippen LogP contribution in [0, 0.1) is 0 Å². The standard InChI is InChI=1S/C11H22O2/c1-3-4-5-8-11(13)9-6-7-10(2)12/h9-10,12-13H,3-8H2,1-2H3. The van der Waals surface area contributed by atoms with Crippen molar-refractivity contribution in [2.75, 3.05) is 0 Å². The van der Waals surface area contributed by atoms with Crippen molar-refractivity contribution in [3.05, 3.63) is 11.8 Å². The molecule has 0 bridgehead atoms. The molecule has 0 aliphatic rings. The van der Waals surface area contributed by atoms with Crippen LogP contribution in [0.15, 0.2) is 11.8 Å². The maximum absolute atomic E-state index is 9.37. The van der Waals surface area contributed by atoms with Crippen molar-refractivity contribution in [2.45, 2.75) is 58.5 Å². The second-order valence-electron chi connectivity index (χ2n) is 3.58. The number of hydrogen-bond acceptors (Lipinski definition) is 2. The first kappa shape index (κ1) is 12.5. The van der Waals surface area contributed by atoms with Crippen molar-refractivity contribution in [2.24, 2.45) is 0 Å². The molecule has 0 aromatic rings. The molecule has 2 heteroatoms. The quantitative estimate of drug-likeness (QED) is 0.473. The zero-order valence-corrected chi connectivity index (χ0v) is 8.79. The van der Waals surface area contributed by atoms with Gasteiger partial charge in [0.15, 0.2) is 0 Å². The van der Waals surface area contributed by atoms with Gasteiger partial charge in [0.2, 0.25) is 0 Å². The number of allylic oxidation sites excluding steroid dienone is 2. The van der Waals surface area contributed by atoms with E-state index in [-0.39, 0.29) is 6.10 Å². The molecule has 2 N–H and O–H groups in total. The Morgan fingerprint density at radius 2 is 2.08 bits per heavy atom. The molecule has 0 fully saturated rings. The molecule has 2 nitrogen and oxygen atoms in total. The Labute approximate surface area is 81.3 Å². The van der Waals surface area contributed by atoms with Crippen LogP contribution in [0.4, 0.5) is 0 Å². The Balaban J connectivity index is 3.39. The maximum Gasteiger partial charge on any atom is 0.0882 e. The zero-order chi connectivity index (χ0) is 10.1. The highest BCUT2D eigenvalue weighted by Crippen LogP contribution is 2.08. The normalized spacial score (nSPS) is 14.5. The summed E-state index contributed by atoms with van der Waals surface area (Å²) in [4.78, 5) is 0. The van der Waals surface area contributed by atoms with Gasteiger partial charge in [-0.15, -0.1) is 0 Å². The molecule has 0 heterocycles. The Kier molecular flexibility index (Phi) is 7.80. The first-order valence-corrected chi connectivity index (χ1v) is 5.22. The van der Waals surface area contributed by atoms with Crippen molar-refractivity contribution < 1.29 is 10.2 Å². The number of aliphatic hydroxyl groups is 2. The second-order valence-corrected chi connectivity index (χ2v) is 3.58. The summed E-state index contributed by atoms with van der Waals surface area (Å²) in [5, 5.41) is 18.3. The lowest BCUT2D eigenvalue weighted by Gasteiger charge is -2.01. The fourth-order valence-electron chi connectivity index (χ4n) is 1.15. The third-order valence-corrected chi connectivity index (χ3v) is 2.00. The minimum absolute atomic E-state index is 0.264. The van der Waals surface area contributed by atoms with Gasteiger partial charge in [0.05, 0.1) is 11.9 Å². The lowest BCUT2D eigenvalue weighted by molar-refractivity contribution is 0.185. The molecular weight excluding hydrogens is 164 g/mol. The summed E-state index contributed by atoms with van der Waals surface area (Å²) in [5.74, 6) is 0.481. The predicted octanol–water partition coefficient (Wildman–Crippen LogP) is 3.17. The average molecular weight is 186 g/mol. The van der Waals surface area contributed by atoms with E-state index in [0.29, 0.717) is 5.76 Å². The van der Waals surface area contributed by atoms with Crippen LogP contribution in [0.2, 0.25) is 0 Å². The fourth-order valence-corrected chi connectivity index (χ4v) is 1.15. The van der Waals surface area contributed by atoms with Gasteiger partial charge in [-0.1, -0.05) is 19.8 Å². The summed E-state index contributed by atoms with van der Waals surface area (Å²) in [6.45, 7) is 3.91. The van der Waals surface area contributed by atoms with Crippen molar-refractivity contribution in [3.63, 3.8) is 0 Å². The van der Waals surface area contributed by atoms with Gasteiger partial charge in [-0.2, -0.15) is 0 Å². The van der Waals surface area contributed by atoms with E-state index >= 15 is 0 Å². The van der Waals surface area contributed by atoms with E-state index in [4.69, 9.17) is 5.11 Å². The molecule has 0 spiro atoms. The van der Waals surface area contributed by atoms with Gasteiger partial charge >= 0.3 is 0 Å². The molecule has 0 amide bonds. The maximum atomic E-state index is 9.37. The number of unbranched alkanes of at least 4 members (excludes halogenated alkanes) is 2. The minimum Gasteiger partial charge on any atom is -0.513 e. The first-order valence-electron chi connectivity index (χ1n) is 5.22. The summed E-state index contributed by atoms with van der Waals surface area (Å²) in [6, 6.07) is 0. The smallest absolute Gasteiger partial charge is 0.0882 e. The average Bonchev–Trinajstić information content (AvgIpc) is 2.04. The van der Waals surface area contributed by atoms with E-state index in [9.17, 15) is 5.11 Å². The van der Waals surface area contributed by atoms with Crippen molar-refractivity contribution >= 4 is 0 Å². The number of hydrogen-bond donors (Lipinski definition) is 2. The van der Waals surface area contributed by atoms with Crippen LogP contribution in [-0.2, 0) is 0 Å². The molecule has 0 aliphatic heterocycles. The van der Waals surface area contributed by atoms with E-state index in [1.54, 1.807) is 6.92 Å². The Morgan fingerprint density at radius 3 is 2.62 bits per heavy atom. The molecule has 1 unspecified atom stereocenters. The van der Waals surface area contributed by atoms with E-state index in [0.717, 1.165) is 25.7 Å². The first-order chi connectivity index (χ1) is 6.16. The summed E-state index contributed by atoms with van der Waals surface area (Å²) in [5.41, 5.74) is 0. The highest BCUT2D eigenvalue weighted by atomic mass is 16.3. The van der Waals surface area contributed by atoms with Crippen LogP contribution < -0.4 is 0 Å². The fraction of sp³-hybridized carbons (Fsp3) is 0.818. The second kappa shape index (κ2) is 8.11. The highest BCUT2D eigenvalue weighted by molar-refractivity contribution is 4.90. The van der Waals surface area contributed by atoms with Gasteiger partial charge in [0.25, 0.3) is 0 Å². The molecule has 0 saturated heterocycles. The van der Waals surface area contributed by atoms with Crippen LogP contribution >= 0.6 is 0 Å². The van der Waals surface area contributed by atoms with Gasteiger partial charge in [-0.3, -0.25) is 0 Å². The molecule has 0 rings (SSSR count). The van der Waals surface area contributed by atoms with Crippen LogP contribution in [0.1, 0.15) is 52.4 Å². The van der Waals surface area contributed by atoms with E-state index in [1.165, 1.54) is 12.8 Å². The van der Waals surface area contributed by atoms with E-state index in [1.807, 2.05) is 6.08 Å². The Morgan fingerprint density at radius 1 is 1.38 bits per heavy atom. The molecule has 1 atom stereocenters. The summed E-state index contributed by atoms with van der Waals surface area (Å²) in [6.07, 6.45) is 7.27. The predicted molar refractivity (Wildman–Crippen MR) is 55.8 cm³/mol. The minimum atomic E-state index is -0.264. The molecule has 13 heavy (non-hydrogen) atoms. The van der Waals surface area contributed by atoms with Crippen molar-refractivity contribution in [3.8, 4) is 0 Å². The van der Waals surface area contributed by atoms with Gasteiger partial charge in [-0.05, 0) is 32.3 Å². The van der Waals surface area contributed by atoms with Crippen molar-refractivity contribution in [1.29, 1.82) is 0 Å². The van der Waals surface area contributed by atoms with Crippen LogP contribution in [-0.4, -0.2) is 16.3 Å². The molecular formula is C11H22O2. The topological polar surface area (TPSA) is 40.5 Å². The van der Waals surface area contributed by atoms with Gasteiger partial charge in [0.1, 0.15) is 0 Å². The van der Waals surface area contributed by atoms with Crippen LogP contribution in [0.3, 0.4) is 0 Å². The largest absolute Gasteiger partial charge is 0.513 e. The number of aliphatic hydroxyl groups excluding tert-OH is 2. The van der Waals surface area contributed by atoms with Crippen molar-refractivity contribution in [1.82, 2.24) is 0 Å². The third kappa shape index (κ3) is 9.41. The molecule has 78 valence electrons. The lowest BCUT2D eigenvalue weighted by atomic mass is 10.1. The van der Waals surface area contributed by atoms with Crippen LogP contribution in [0.5, 0.6) is 0 Å². The molecule has 0 aromatic heterocycles. The molecule has 0 aliphatic carbocycles. The van der Waals surface area contributed by atoms with Gasteiger partial charge in [0, 0.05) is 6.42 Å². The van der Waals surface area contributed by atoms with E-state index < -0.39 is 0 Å². The third-order valence-electron chi connectivity index (χ3n) is 2.00. The Hall–Kier alpha value is -0.500. The molecule has 0 aromatic carbocycles. The van der Waals surface area contributed by atoms with Crippen LogP contribution in [0.25, 0.3) is 0 Å². The monoisotopic (exact) mass is 186 g/mol. The SMILES string of the molecule is CCCCCC(O)=CCCC(C)O. The summed E-state index contributed by atoms with van der Waals surface area (Å²) < 4.78 is 0. The molecule has 0 radical (unpaired) electrons. The Bertz CT molecular complexity index is 139. The zero-order valence-electron chi connectivity index (χ0n) is 8.79.